The summed E-state index contributed by atoms with van der Waals surface area (Å²) in [5.41, 5.74) is 0.255. The molecule has 26 heavy (non-hydrogen) atoms. The Hall–Kier alpha value is -2.41. The molecule has 0 bridgehead atoms. The molecular weight excluding hydrogens is 352 g/mol. The van der Waals surface area contributed by atoms with Crippen molar-refractivity contribution in [1.82, 2.24) is 9.80 Å². The Morgan fingerprint density at radius 1 is 1.00 bits per heavy atom. The number of hydrogen-bond donors (Lipinski definition) is 2. The Bertz CT molecular complexity index is 713. The SMILES string of the molecule is CCCCN1C(=O)C(=Cc2ccc(O)cc2O)C(=O)N(CCCC)C1=S. The van der Waals surface area contributed by atoms with Crippen molar-refractivity contribution in [1.29, 1.82) is 0 Å². The summed E-state index contributed by atoms with van der Waals surface area (Å²) in [4.78, 5) is 28.6. The van der Waals surface area contributed by atoms with E-state index < -0.39 is 11.8 Å². The Morgan fingerprint density at radius 3 is 2.00 bits per heavy atom. The lowest BCUT2D eigenvalue weighted by Gasteiger charge is -2.36. The summed E-state index contributed by atoms with van der Waals surface area (Å²) in [5, 5.41) is 19.6. The van der Waals surface area contributed by atoms with Gasteiger partial charge in [0, 0.05) is 24.7 Å². The van der Waals surface area contributed by atoms with Crippen LogP contribution in [0.3, 0.4) is 0 Å². The maximum absolute atomic E-state index is 12.8. The first-order valence-corrected chi connectivity index (χ1v) is 9.22. The summed E-state index contributed by atoms with van der Waals surface area (Å²) in [6, 6.07) is 4.01. The fourth-order valence-electron chi connectivity index (χ4n) is 2.66. The van der Waals surface area contributed by atoms with E-state index in [1.54, 1.807) is 0 Å². The van der Waals surface area contributed by atoms with Gasteiger partial charge in [0.25, 0.3) is 11.8 Å². The van der Waals surface area contributed by atoms with Crippen molar-refractivity contribution >= 4 is 35.2 Å². The Morgan fingerprint density at radius 2 is 1.54 bits per heavy atom. The van der Waals surface area contributed by atoms with Crippen molar-refractivity contribution in [2.24, 2.45) is 0 Å². The molecular formula is C19H24N2O4S. The lowest BCUT2D eigenvalue weighted by atomic mass is 10.0. The molecule has 0 atom stereocenters. The summed E-state index contributed by atoms with van der Waals surface area (Å²) in [6.07, 6.45) is 4.71. The summed E-state index contributed by atoms with van der Waals surface area (Å²) < 4.78 is 0. The molecule has 1 aromatic rings. The topological polar surface area (TPSA) is 81.1 Å². The monoisotopic (exact) mass is 376 g/mol. The number of amides is 2. The number of unbranched alkanes of at least 4 members (excludes halogenated alkanes) is 2. The van der Waals surface area contributed by atoms with Crippen molar-refractivity contribution in [2.75, 3.05) is 13.1 Å². The summed E-state index contributed by atoms with van der Waals surface area (Å²) in [6.45, 7) is 4.93. The van der Waals surface area contributed by atoms with Gasteiger partial charge in [-0.2, -0.15) is 0 Å². The minimum Gasteiger partial charge on any atom is -0.508 e. The first kappa shape index (κ1) is 19.9. The van der Waals surface area contributed by atoms with Crippen LogP contribution in [0.5, 0.6) is 11.5 Å². The van der Waals surface area contributed by atoms with E-state index in [0.717, 1.165) is 25.7 Å². The third-order valence-electron chi connectivity index (χ3n) is 4.20. The van der Waals surface area contributed by atoms with Crippen LogP contribution in [-0.4, -0.2) is 50.0 Å². The van der Waals surface area contributed by atoms with Crippen molar-refractivity contribution < 1.29 is 19.8 Å². The predicted octanol–water partition coefficient (Wildman–Crippen LogP) is 3.04. The zero-order valence-electron chi connectivity index (χ0n) is 15.1. The van der Waals surface area contributed by atoms with Crippen LogP contribution in [0.4, 0.5) is 0 Å². The van der Waals surface area contributed by atoms with Gasteiger partial charge in [0.05, 0.1) is 0 Å². The highest BCUT2D eigenvalue weighted by atomic mass is 32.1. The number of hydrogen-bond acceptors (Lipinski definition) is 5. The molecule has 140 valence electrons. The van der Waals surface area contributed by atoms with Gasteiger partial charge in [-0.15, -0.1) is 0 Å². The van der Waals surface area contributed by atoms with Gasteiger partial charge in [0.1, 0.15) is 17.1 Å². The van der Waals surface area contributed by atoms with Crippen LogP contribution in [0.25, 0.3) is 6.08 Å². The average molecular weight is 376 g/mol. The van der Waals surface area contributed by atoms with E-state index in [1.807, 2.05) is 13.8 Å². The fraction of sp³-hybridized carbons (Fsp3) is 0.421. The van der Waals surface area contributed by atoms with Gasteiger partial charge in [0.2, 0.25) is 0 Å². The van der Waals surface area contributed by atoms with Crippen molar-refractivity contribution in [3.8, 4) is 11.5 Å². The number of carbonyl (C=O) groups excluding carboxylic acids is 2. The van der Waals surface area contributed by atoms with Crippen molar-refractivity contribution in [3.05, 3.63) is 29.3 Å². The highest BCUT2D eigenvalue weighted by molar-refractivity contribution is 7.80. The Balaban J connectivity index is 2.43. The van der Waals surface area contributed by atoms with Crippen LogP contribution < -0.4 is 0 Å². The van der Waals surface area contributed by atoms with Crippen LogP contribution in [-0.2, 0) is 9.59 Å². The molecule has 0 aliphatic carbocycles. The number of nitrogens with zero attached hydrogens (tertiary/aromatic N) is 2. The molecule has 2 rings (SSSR count). The molecule has 1 fully saturated rings. The zero-order chi connectivity index (χ0) is 19.3. The van der Waals surface area contributed by atoms with Gasteiger partial charge in [-0.3, -0.25) is 19.4 Å². The number of rotatable bonds is 7. The van der Waals surface area contributed by atoms with Gasteiger partial charge in [-0.25, -0.2) is 0 Å². The first-order chi connectivity index (χ1) is 12.4. The highest BCUT2D eigenvalue weighted by Crippen LogP contribution is 2.27. The maximum Gasteiger partial charge on any atom is 0.265 e. The molecule has 7 heteroatoms. The van der Waals surface area contributed by atoms with E-state index in [9.17, 15) is 19.8 Å². The molecule has 0 saturated carbocycles. The molecule has 6 nitrogen and oxygen atoms in total. The normalized spacial score (nSPS) is 15.0. The second-order valence-electron chi connectivity index (χ2n) is 6.20. The van der Waals surface area contributed by atoms with E-state index in [4.69, 9.17) is 12.2 Å². The van der Waals surface area contributed by atoms with Crippen LogP contribution in [0.1, 0.15) is 45.1 Å². The van der Waals surface area contributed by atoms with E-state index in [2.05, 4.69) is 0 Å². The van der Waals surface area contributed by atoms with Crippen LogP contribution in [0.15, 0.2) is 23.8 Å². The van der Waals surface area contributed by atoms with Gasteiger partial charge in [0.15, 0.2) is 5.11 Å². The molecule has 1 aliphatic rings. The minimum atomic E-state index is -0.450. The summed E-state index contributed by atoms with van der Waals surface area (Å²) >= 11 is 5.39. The maximum atomic E-state index is 12.8. The lowest BCUT2D eigenvalue weighted by Crippen LogP contribution is -2.56. The summed E-state index contributed by atoms with van der Waals surface area (Å²) in [7, 11) is 0. The van der Waals surface area contributed by atoms with Crippen LogP contribution in [0.2, 0.25) is 0 Å². The third kappa shape index (κ3) is 4.22. The van der Waals surface area contributed by atoms with E-state index in [1.165, 1.54) is 34.1 Å². The molecule has 1 heterocycles. The zero-order valence-corrected chi connectivity index (χ0v) is 15.9. The Labute approximate surface area is 158 Å². The quantitative estimate of drug-likeness (QED) is 0.434. The lowest BCUT2D eigenvalue weighted by molar-refractivity contribution is -0.133. The van der Waals surface area contributed by atoms with Crippen LogP contribution in [0, 0.1) is 0 Å². The van der Waals surface area contributed by atoms with Crippen LogP contribution >= 0.6 is 12.2 Å². The number of phenols is 2. The third-order valence-corrected chi connectivity index (χ3v) is 4.64. The molecule has 0 radical (unpaired) electrons. The number of aromatic hydroxyl groups is 2. The predicted molar refractivity (Wildman–Crippen MR) is 104 cm³/mol. The smallest absolute Gasteiger partial charge is 0.265 e. The van der Waals surface area contributed by atoms with E-state index in [0.29, 0.717) is 18.7 Å². The standard InChI is InChI=1S/C19H24N2O4S/c1-3-5-9-20-17(24)15(11-13-7-8-14(22)12-16(13)23)18(25)21(19(20)26)10-6-4-2/h7-8,11-12,22-23H,3-6,9-10H2,1-2H3. The number of carbonyl (C=O) groups is 2. The number of benzene rings is 1. The highest BCUT2D eigenvalue weighted by Gasteiger charge is 2.38. The van der Waals surface area contributed by atoms with E-state index in [-0.39, 0.29) is 22.2 Å². The molecule has 1 aliphatic heterocycles. The van der Waals surface area contributed by atoms with Gasteiger partial charge < -0.3 is 10.2 Å². The van der Waals surface area contributed by atoms with Crippen molar-refractivity contribution in [3.63, 3.8) is 0 Å². The second-order valence-corrected chi connectivity index (χ2v) is 6.57. The molecule has 2 N–H and O–H groups in total. The largest absolute Gasteiger partial charge is 0.508 e. The molecule has 1 aromatic carbocycles. The summed E-state index contributed by atoms with van der Waals surface area (Å²) in [5.74, 6) is -1.20. The van der Waals surface area contributed by atoms with E-state index >= 15 is 0 Å². The number of thiocarbonyl (C=S) groups is 1. The number of phenolic OH excluding ortho intramolecular Hbond substituents is 2. The second kappa shape index (κ2) is 8.80. The molecule has 2 amide bonds. The Kier molecular flexibility index (Phi) is 6.74. The van der Waals surface area contributed by atoms with Gasteiger partial charge >= 0.3 is 0 Å². The van der Waals surface area contributed by atoms with Crippen molar-refractivity contribution in [2.45, 2.75) is 39.5 Å². The molecule has 0 unspecified atom stereocenters. The molecule has 0 aromatic heterocycles. The molecule has 0 spiro atoms. The average Bonchev–Trinajstić information content (AvgIpc) is 2.60. The minimum absolute atomic E-state index is 0.0354. The molecule has 1 saturated heterocycles. The fourth-order valence-corrected chi connectivity index (χ4v) is 3.01. The first-order valence-electron chi connectivity index (χ1n) is 8.82. The van der Waals surface area contributed by atoms with Gasteiger partial charge in [-0.1, -0.05) is 26.7 Å². The van der Waals surface area contributed by atoms with Gasteiger partial charge in [-0.05, 0) is 43.3 Å².